The Labute approximate surface area is 168 Å². The summed E-state index contributed by atoms with van der Waals surface area (Å²) in [6.07, 6.45) is 0. The number of carbonyl (C=O) groups excluding carboxylic acids is 1. The van der Waals surface area contributed by atoms with Crippen molar-refractivity contribution < 1.29 is 9.72 Å². The van der Waals surface area contributed by atoms with Gasteiger partial charge in [-0.05, 0) is 24.4 Å². The Kier molecular flexibility index (Phi) is 4.70. The highest BCUT2D eigenvalue weighted by atomic mass is 35.5. The van der Waals surface area contributed by atoms with Crippen LogP contribution in [0.2, 0.25) is 5.02 Å². The standard InChI is InChI=1S/C20H14ClN3O3S/c1-2-23-17-10-7-12-5-3-4-6-14(12)18(17)28-20(23)22-19(25)15-11-13(24(26)27)8-9-16(15)21/h3-11H,2H2,1H3. The van der Waals surface area contributed by atoms with Gasteiger partial charge in [0.25, 0.3) is 11.6 Å². The lowest BCUT2D eigenvalue weighted by Gasteiger charge is -2.02. The van der Waals surface area contributed by atoms with Gasteiger partial charge in [0.1, 0.15) is 0 Å². The maximum atomic E-state index is 12.7. The number of benzene rings is 3. The van der Waals surface area contributed by atoms with Gasteiger partial charge in [0.15, 0.2) is 4.80 Å². The third-order valence-corrected chi connectivity index (χ3v) is 5.94. The first-order valence-electron chi connectivity index (χ1n) is 8.53. The molecule has 4 rings (SSSR count). The number of non-ortho nitro benzene ring substituents is 1. The van der Waals surface area contributed by atoms with Gasteiger partial charge in [0.05, 0.1) is 25.7 Å². The van der Waals surface area contributed by atoms with Crippen LogP contribution >= 0.6 is 22.9 Å². The summed E-state index contributed by atoms with van der Waals surface area (Å²) < 4.78 is 2.99. The summed E-state index contributed by atoms with van der Waals surface area (Å²) in [7, 11) is 0. The zero-order valence-corrected chi connectivity index (χ0v) is 16.3. The third-order valence-electron chi connectivity index (χ3n) is 4.48. The van der Waals surface area contributed by atoms with Gasteiger partial charge in [0, 0.05) is 24.1 Å². The highest BCUT2D eigenvalue weighted by Crippen LogP contribution is 2.28. The van der Waals surface area contributed by atoms with Crippen LogP contribution in [0.25, 0.3) is 21.0 Å². The van der Waals surface area contributed by atoms with Gasteiger partial charge < -0.3 is 4.57 Å². The van der Waals surface area contributed by atoms with Gasteiger partial charge in [-0.2, -0.15) is 4.99 Å². The predicted molar refractivity (Wildman–Crippen MR) is 111 cm³/mol. The lowest BCUT2D eigenvalue weighted by molar-refractivity contribution is -0.384. The van der Waals surface area contributed by atoms with E-state index < -0.39 is 10.8 Å². The molecule has 0 N–H and O–H groups in total. The van der Waals surface area contributed by atoms with Crippen molar-refractivity contribution in [3.05, 3.63) is 80.1 Å². The molecule has 140 valence electrons. The number of hydrogen-bond acceptors (Lipinski definition) is 4. The summed E-state index contributed by atoms with van der Waals surface area (Å²) >= 11 is 7.50. The monoisotopic (exact) mass is 411 g/mol. The molecule has 1 heterocycles. The Hall–Kier alpha value is -3.03. The number of aryl methyl sites for hydroxylation is 1. The van der Waals surface area contributed by atoms with Gasteiger partial charge in [-0.3, -0.25) is 14.9 Å². The first-order chi connectivity index (χ1) is 13.5. The molecule has 0 aliphatic carbocycles. The molecular weight excluding hydrogens is 398 g/mol. The fourth-order valence-electron chi connectivity index (χ4n) is 3.13. The molecule has 0 fully saturated rings. The van der Waals surface area contributed by atoms with Crippen LogP contribution in [0.15, 0.2) is 59.6 Å². The first-order valence-corrected chi connectivity index (χ1v) is 9.73. The molecule has 0 aliphatic rings. The number of carbonyl (C=O) groups is 1. The highest BCUT2D eigenvalue weighted by Gasteiger charge is 2.16. The largest absolute Gasteiger partial charge is 0.317 e. The summed E-state index contributed by atoms with van der Waals surface area (Å²) in [6.45, 7) is 2.61. The normalized spacial score (nSPS) is 12.0. The second kappa shape index (κ2) is 7.18. The minimum atomic E-state index is -0.605. The van der Waals surface area contributed by atoms with Crippen LogP contribution in [0.1, 0.15) is 17.3 Å². The molecule has 8 heteroatoms. The van der Waals surface area contributed by atoms with Crippen molar-refractivity contribution in [2.24, 2.45) is 4.99 Å². The van der Waals surface area contributed by atoms with Crippen LogP contribution in [0.4, 0.5) is 5.69 Å². The van der Waals surface area contributed by atoms with E-state index in [0.717, 1.165) is 27.1 Å². The molecule has 0 atom stereocenters. The molecule has 28 heavy (non-hydrogen) atoms. The van der Waals surface area contributed by atoms with Crippen LogP contribution in [0.5, 0.6) is 0 Å². The van der Waals surface area contributed by atoms with Gasteiger partial charge in [0.2, 0.25) is 0 Å². The maximum Gasteiger partial charge on any atom is 0.281 e. The maximum absolute atomic E-state index is 12.7. The Morgan fingerprint density at radius 3 is 2.75 bits per heavy atom. The number of thiazole rings is 1. The average Bonchev–Trinajstić information content (AvgIpc) is 3.05. The summed E-state index contributed by atoms with van der Waals surface area (Å²) in [4.78, 5) is 27.9. The third kappa shape index (κ3) is 3.08. The number of rotatable bonds is 3. The van der Waals surface area contributed by atoms with E-state index in [0.29, 0.717) is 11.3 Å². The Bertz CT molecular complexity index is 1320. The Morgan fingerprint density at radius 2 is 2.00 bits per heavy atom. The second-order valence-electron chi connectivity index (χ2n) is 6.10. The highest BCUT2D eigenvalue weighted by molar-refractivity contribution is 7.17. The summed E-state index contributed by atoms with van der Waals surface area (Å²) in [5.74, 6) is -0.605. The molecule has 6 nitrogen and oxygen atoms in total. The van der Waals surface area contributed by atoms with Gasteiger partial charge >= 0.3 is 0 Å². The van der Waals surface area contributed by atoms with Gasteiger partial charge in [-0.1, -0.05) is 53.3 Å². The van der Waals surface area contributed by atoms with E-state index in [-0.39, 0.29) is 16.3 Å². The van der Waals surface area contributed by atoms with Crippen molar-refractivity contribution in [3.63, 3.8) is 0 Å². The summed E-state index contributed by atoms with van der Waals surface area (Å²) in [5, 5.41) is 13.3. The fraction of sp³-hybridized carbons (Fsp3) is 0.100. The lowest BCUT2D eigenvalue weighted by atomic mass is 10.1. The molecule has 4 aromatic rings. The van der Waals surface area contributed by atoms with Crippen LogP contribution in [0.3, 0.4) is 0 Å². The predicted octanol–water partition coefficient (Wildman–Crippen LogP) is 5.18. The van der Waals surface area contributed by atoms with E-state index in [9.17, 15) is 14.9 Å². The number of fused-ring (bicyclic) bond motifs is 3. The number of amides is 1. The average molecular weight is 412 g/mol. The zero-order valence-electron chi connectivity index (χ0n) is 14.8. The molecule has 0 radical (unpaired) electrons. The van der Waals surface area contributed by atoms with E-state index in [1.165, 1.54) is 23.5 Å². The minimum absolute atomic E-state index is 0.0147. The van der Waals surface area contributed by atoms with E-state index in [2.05, 4.69) is 4.99 Å². The van der Waals surface area contributed by atoms with E-state index in [4.69, 9.17) is 11.6 Å². The lowest BCUT2D eigenvalue weighted by Crippen LogP contribution is -2.16. The Balaban J connectivity index is 1.92. The van der Waals surface area contributed by atoms with E-state index in [1.807, 2.05) is 47.9 Å². The number of hydrogen-bond donors (Lipinski definition) is 0. The molecule has 1 amide bonds. The van der Waals surface area contributed by atoms with Crippen molar-refractivity contribution in [1.82, 2.24) is 4.57 Å². The van der Waals surface area contributed by atoms with E-state index >= 15 is 0 Å². The number of nitro groups is 1. The topological polar surface area (TPSA) is 77.5 Å². The molecule has 0 saturated heterocycles. The Morgan fingerprint density at radius 1 is 1.21 bits per heavy atom. The number of nitro benzene ring substituents is 1. The van der Waals surface area contributed by atoms with Crippen molar-refractivity contribution in [1.29, 1.82) is 0 Å². The number of halogens is 1. The molecule has 1 aromatic heterocycles. The molecular formula is C20H14ClN3O3S. The molecule has 3 aromatic carbocycles. The quantitative estimate of drug-likeness (QED) is 0.344. The smallest absolute Gasteiger partial charge is 0.281 e. The van der Waals surface area contributed by atoms with E-state index in [1.54, 1.807) is 0 Å². The SMILES string of the molecule is CCn1c(=NC(=O)c2cc([N+](=O)[O-])ccc2Cl)sc2c3ccccc3ccc21. The van der Waals surface area contributed by atoms with Crippen LogP contribution in [-0.2, 0) is 6.54 Å². The second-order valence-corrected chi connectivity index (χ2v) is 7.49. The van der Waals surface area contributed by atoms with Gasteiger partial charge in [-0.15, -0.1) is 0 Å². The van der Waals surface area contributed by atoms with Crippen LogP contribution in [0, 0.1) is 10.1 Å². The van der Waals surface area contributed by atoms with Crippen molar-refractivity contribution >= 4 is 55.5 Å². The molecule has 0 spiro atoms. The summed E-state index contributed by atoms with van der Waals surface area (Å²) in [5.41, 5.74) is 0.803. The van der Waals surface area contributed by atoms with Crippen molar-refractivity contribution in [2.75, 3.05) is 0 Å². The molecule has 0 unspecified atom stereocenters. The van der Waals surface area contributed by atoms with Crippen molar-refractivity contribution in [3.8, 4) is 0 Å². The first kappa shape index (κ1) is 18.3. The molecule has 0 aliphatic heterocycles. The van der Waals surface area contributed by atoms with Crippen LogP contribution in [-0.4, -0.2) is 15.4 Å². The number of nitrogens with zero attached hydrogens (tertiary/aromatic N) is 3. The van der Waals surface area contributed by atoms with Gasteiger partial charge in [-0.25, -0.2) is 0 Å². The van der Waals surface area contributed by atoms with Crippen LogP contribution < -0.4 is 4.80 Å². The molecule has 0 bridgehead atoms. The fourth-order valence-corrected chi connectivity index (χ4v) is 4.55. The zero-order chi connectivity index (χ0) is 19.8. The molecule has 0 saturated carbocycles. The van der Waals surface area contributed by atoms with Crippen molar-refractivity contribution in [2.45, 2.75) is 13.5 Å². The summed E-state index contributed by atoms with van der Waals surface area (Å²) in [6, 6.07) is 15.9. The number of aromatic nitrogens is 1. The minimum Gasteiger partial charge on any atom is -0.317 e.